The van der Waals surface area contributed by atoms with Gasteiger partial charge in [-0.2, -0.15) is 0 Å². The Kier molecular flexibility index (Phi) is 1.43. The number of aliphatic hydroxyl groups excluding tert-OH is 1. The second-order valence-corrected chi connectivity index (χ2v) is 4.64. The zero-order chi connectivity index (χ0) is 10.6. The molecular formula is C12H12N2O. The maximum atomic E-state index is 9.41. The van der Waals surface area contributed by atoms with Crippen LogP contribution in [0.15, 0.2) is 22.1 Å². The number of fused-ring (bicyclic) bond motifs is 3. The first-order chi connectivity index (χ1) is 7.08. The predicted molar refractivity (Wildman–Crippen MR) is 61.0 cm³/mol. The van der Waals surface area contributed by atoms with E-state index in [2.05, 4.69) is 29.9 Å². The monoisotopic (exact) mass is 200 g/mol. The molecular weight excluding hydrogens is 188 g/mol. The molecule has 2 aliphatic heterocycles. The van der Waals surface area contributed by atoms with E-state index >= 15 is 0 Å². The van der Waals surface area contributed by atoms with Crippen LogP contribution < -0.4 is 0 Å². The van der Waals surface area contributed by atoms with Crippen LogP contribution in [-0.2, 0) is 11.8 Å². The minimum atomic E-state index is 0.00255. The van der Waals surface area contributed by atoms with Crippen molar-refractivity contribution in [2.24, 2.45) is 9.98 Å². The molecule has 0 unspecified atom stereocenters. The Morgan fingerprint density at radius 2 is 2.13 bits per heavy atom. The molecule has 0 spiro atoms. The second-order valence-electron chi connectivity index (χ2n) is 4.64. The first-order valence-electron chi connectivity index (χ1n) is 5.06. The summed E-state index contributed by atoms with van der Waals surface area (Å²) in [6, 6.07) is 4.02. The van der Waals surface area contributed by atoms with Crippen LogP contribution in [-0.4, -0.2) is 17.2 Å². The van der Waals surface area contributed by atoms with Gasteiger partial charge in [0.25, 0.3) is 0 Å². The van der Waals surface area contributed by atoms with Gasteiger partial charge in [0.2, 0.25) is 0 Å². The van der Waals surface area contributed by atoms with Crippen molar-refractivity contribution in [2.45, 2.75) is 25.7 Å². The maximum Gasteiger partial charge on any atom is 0.190 e. The Labute approximate surface area is 88.2 Å². The first-order valence-corrected chi connectivity index (χ1v) is 5.06. The summed E-state index contributed by atoms with van der Waals surface area (Å²) in [6.07, 6.45) is 2.49. The summed E-state index contributed by atoms with van der Waals surface area (Å²) in [5.41, 5.74) is 4.16. The fourth-order valence-corrected chi connectivity index (χ4v) is 2.20. The topological polar surface area (TPSA) is 45.0 Å². The van der Waals surface area contributed by atoms with Crippen LogP contribution in [0.25, 0.3) is 0 Å². The molecule has 0 radical (unpaired) electrons. The van der Waals surface area contributed by atoms with E-state index in [9.17, 15) is 5.11 Å². The van der Waals surface area contributed by atoms with Gasteiger partial charge in [-0.15, -0.1) is 0 Å². The van der Waals surface area contributed by atoms with Crippen LogP contribution >= 0.6 is 0 Å². The molecule has 1 N–H and O–H groups in total. The first kappa shape index (κ1) is 8.65. The molecule has 1 aromatic carbocycles. The third kappa shape index (κ3) is 1.06. The largest absolute Gasteiger partial charge is 0.496 e. The fourth-order valence-electron chi connectivity index (χ4n) is 2.20. The van der Waals surface area contributed by atoms with Crippen molar-refractivity contribution in [3.8, 4) is 0 Å². The Morgan fingerprint density at radius 3 is 2.93 bits per heavy atom. The molecule has 3 rings (SSSR count). The van der Waals surface area contributed by atoms with Crippen molar-refractivity contribution < 1.29 is 5.11 Å². The molecule has 15 heavy (non-hydrogen) atoms. The molecule has 3 nitrogen and oxygen atoms in total. The molecule has 3 heteroatoms. The summed E-state index contributed by atoms with van der Waals surface area (Å²) in [4.78, 5) is 8.52. The van der Waals surface area contributed by atoms with E-state index in [1.807, 2.05) is 12.3 Å². The van der Waals surface area contributed by atoms with Crippen LogP contribution in [0.1, 0.15) is 25.0 Å². The van der Waals surface area contributed by atoms with Gasteiger partial charge in [0.15, 0.2) is 5.90 Å². The van der Waals surface area contributed by atoms with E-state index in [4.69, 9.17) is 0 Å². The Hall–Kier alpha value is -1.64. The van der Waals surface area contributed by atoms with Gasteiger partial charge in [-0.3, -0.25) is 4.99 Å². The quantitative estimate of drug-likeness (QED) is 0.687. The number of rotatable bonds is 0. The van der Waals surface area contributed by atoms with E-state index in [0.29, 0.717) is 6.42 Å². The number of hydrogen-bond acceptors (Lipinski definition) is 2. The van der Waals surface area contributed by atoms with Gasteiger partial charge in [-0.05, 0) is 11.6 Å². The smallest absolute Gasteiger partial charge is 0.190 e. The number of benzene rings is 1. The van der Waals surface area contributed by atoms with E-state index in [1.165, 1.54) is 5.56 Å². The molecule has 0 fully saturated rings. The molecule has 0 bridgehead atoms. The molecule has 76 valence electrons. The molecule has 0 amide bonds. The summed E-state index contributed by atoms with van der Waals surface area (Å²) < 4.78 is 0. The van der Waals surface area contributed by atoms with Gasteiger partial charge >= 0.3 is 0 Å². The van der Waals surface area contributed by atoms with E-state index < -0.39 is 0 Å². The summed E-state index contributed by atoms with van der Waals surface area (Å²) in [6.45, 7) is 4.29. The van der Waals surface area contributed by atoms with E-state index in [-0.39, 0.29) is 11.3 Å². The van der Waals surface area contributed by atoms with Gasteiger partial charge in [-0.25, -0.2) is 4.99 Å². The zero-order valence-corrected chi connectivity index (χ0v) is 8.78. The van der Waals surface area contributed by atoms with Crippen LogP contribution in [0.5, 0.6) is 0 Å². The molecule has 2 heterocycles. The highest BCUT2D eigenvalue weighted by Crippen LogP contribution is 2.44. The predicted octanol–water partition coefficient (Wildman–Crippen LogP) is 2.82. The van der Waals surface area contributed by atoms with Crippen molar-refractivity contribution >= 4 is 23.5 Å². The zero-order valence-electron chi connectivity index (χ0n) is 8.78. The normalized spacial score (nSPS) is 20.0. The summed E-state index contributed by atoms with van der Waals surface area (Å²) >= 11 is 0. The van der Waals surface area contributed by atoms with Crippen LogP contribution in [0.2, 0.25) is 0 Å². The number of aliphatic imine (C=N–C) groups is 2. The lowest BCUT2D eigenvalue weighted by Crippen LogP contribution is -2.14. The fraction of sp³-hybridized carbons (Fsp3) is 0.333. The van der Waals surface area contributed by atoms with Crippen LogP contribution in [0.3, 0.4) is 0 Å². The molecule has 0 saturated heterocycles. The summed E-state index contributed by atoms with van der Waals surface area (Å²) in [5.74, 6) is 0.193. The average Bonchev–Trinajstić information content (AvgIpc) is 2.66. The number of nitrogens with zero attached hydrogens (tertiary/aromatic N) is 2. The minimum Gasteiger partial charge on any atom is -0.496 e. The van der Waals surface area contributed by atoms with E-state index in [0.717, 1.165) is 16.9 Å². The molecule has 0 aromatic heterocycles. The van der Waals surface area contributed by atoms with Gasteiger partial charge in [0.05, 0.1) is 17.8 Å². The molecule has 2 aliphatic rings. The van der Waals surface area contributed by atoms with Gasteiger partial charge in [0, 0.05) is 17.2 Å². The minimum absolute atomic E-state index is 0.00255. The molecule has 0 saturated carbocycles. The summed E-state index contributed by atoms with van der Waals surface area (Å²) in [7, 11) is 0. The Morgan fingerprint density at radius 1 is 1.33 bits per heavy atom. The highest BCUT2D eigenvalue weighted by Gasteiger charge is 2.31. The number of aliphatic hydroxyl groups is 1. The molecule has 0 aliphatic carbocycles. The Balaban J connectivity index is 2.24. The van der Waals surface area contributed by atoms with Crippen molar-refractivity contribution in [3.05, 3.63) is 23.3 Å². The second kappa shape index (κ2) is 2.48. The summed E-state index contributed by atoms with van der Waals surface area (Å²) in [5, 5.41) is 9.41. The van der Waals surface area contributed by atoms with Crippen molar-refractivity contribution in [1.82, 2.24) is 0 Å². The van der Waals surface area contributed by atoms with E-state index in [1.54, 1.807) is 0 Å². The van der Waals surface area contributed by atoms with Crippen molar-refractivity contribution in [1.29, 1.82) is 0 Å². The standard InChI is InChI=1S/C12H12N2O/c1-12(2)6-13-11-7-5-10(15)14-9(7)4-3-8(11)12/h3-4,6H,5H2,1-2H3,(H,14,15). The van der Waals surface area contributed by atoms with Gasteiger partial charge < -0.3 is 5.11 Å². The highest BCUT2D eigenvalue weighted by molar-refractivity contribution is 5.94. The van der Waals surface area contributed by atoms with Gasteiger partial charge in [-0.1, -0.05) is 19.9 Å². The van der Waals surface area contributed by atoms with Crippen molar-refractivity contribution in [3.63, 3.8) is 0 Å². The maximum absolute atomic E-state index is 9.41. The van der Waals surface area contributed by atoms with Gasteiger partial charge in [0.1, 0.15) is 0 Å². The lowest BCUT2D eigenvalue weighted by atomic mass is 9.86. The lowest BCUT2D eigenvalue weighted by molar-refractivity contribution is 0.543. The van der Waals surface area contributed by atoms with Crippen molar-refractivity contribution in [2.75, 3.05) is 0 Å². The third-order valence-corrected chi connectivity index (χ3v) is 3.05. The van der Waals surface area contributed by atoms with Crippen LogP contribution in [0.4, 0.5) is 11.4 Å². The average molecular weight is 200 g/mol. The van der Waals surface area contributed by atoms with Crippen LogP contribution in [0, 0.1) is 0 Å². The number of hydrogen-bond donors (Lipinski definition) is 1. The molecule has 0 atom stereocenters. The highest BCUT2D eigenvalue weighted by atomic mass is 16.3. The molecule has 1 aromatic rings. The third-order valence-electron chi connectivity index (χ3n) is 3.05. The SMILES string of the molecule is CC1(C)C=Nc2c1ccc1c2CC(O)=N1. The lowest BCUT2D eigenvalue weighted by Gasteiger charge is -2.16. The Bertz CT molecular complexity index is 513.